The standard InChI is InChI=1S/C30H23F6N3O4S2/c1-38(2)23-8-3-16(11-22(23)18-13-19(29(31,32)33)15-20(14-18)30(34,35)36)12-24-26(41)39(28(44)45-24)10-9-25(40)37-21-6-4-17(5-7-21)27(42)43/h3-8,11-15H,9-10H2,1-2H3,(H,37,40)(H,42,43). The van der Waals surface area contributed by atoms with Gasteiger partial charge in [0.2, 0.25) is 5.91 Å². The number of alkyl halides is 6. The Kier molecular flexibility index (Phi) is 9.63. The fraction of sp³-hybridized carbons (Fsp3) is 0.200. The zero-order chi connectivity index (χ0) is 33.3. The molecule has 0 bridgehead atoms. The molecular formula is C30H23F6N3O4S2. The third-order valence-electron chi connectivity index (χ3n) is 6.55. The van der Waals surface area contributed by atoms with Gasteiger partial charge in [-0.1, -0.05) is 30.0 Å². The van der Waals surface area contributed by atoms with Crippen LogP contribution in [-0.4, -0.2) is 52.8 Å². The third kappa shape index (κ3) is 8.02. The molecule has 1 aliphatic rings. The molecule has 236 valence electrons. The molecule has 45 heavy (non-hydrogen) atoms. The molecule has 1 heterocycles. The number of amides is 2. The van der Waals surface area contributed by atoms with E-state index in [1.54, 1.807) is 20.2 Å². The number of nitrogens with zero attached hydrogens (tertiary/aromatic N) is 2. The Morgan fingerprint density at radius 1 is 0.956 bits per heavy atom. The summed E-state index contributed by atoms with van der Waals surface area (Å²) < 4.78 is 81.5. The minimum Gasteiger partial charge on any atom is -0.478 e. The van der Waals surface area contributed by atoms with Crippen molar-refractivity contribution in [2.24, 2.45) is 0 Å². The summed E-state index contributed by atoms with van der Waals surface area (Å²) >= 11 is 6.24. The number of carbonyl (C=O) groups is 3. The van der Waals surface area contributed by atoms with Crippen molar-refractivity contribution in [3.05, 3.63) is 87.8 Å². The van der Waals surface area contributed by atoms with Crippen LogP contribution in [0.5, 0.6) is 0 Å². The number of anilines is 2. The Balaban J connectivity index is 1.57. The van der Waals surface area contributed by atoms with Gasteiger partial charge in [0.05, 0.1) is 21.6 Å². The van der Waals surface area contributed by atoms with Crippen LogP contribution in [-0.2, 0) is 21.9 Å². The highest BCUT2D eigenvalue weighted by molar-refractivity contribution is 8.26. The lowest BCUT2D eigenvalue weighted by Crippen LogP contribution is -2.31. The topological polar surface area (TPSA) is 89.9 Å². The van der Waals surface area contributed by atoms with E-state index in [1.807, 2.05) is 0 Å². The number of rotatable bonds is 8. The average Bonchev–Trinajstić information content (AvgIpc) is 3.22. The Morgan fingerprint density at radius 2 is 1.56 bits per heavy atom. The van der Waals surface area contributed by atoms with Crippen molar-refractivity contribution in [2.45, 2.75) is 18.8 Å². The normalized spacial score (nSPS) is 14.7. The van der Waals surface area contributed by atoms with E-state index in [1.165, 1.54) is 52.3 Å². The second-order valence-corrected chi connectivity index (χ2v) is 11.7. The average molecular weight is 668 g/mol. The highest BCUT2D eigenvalue weighted by atomic mass is 32.2. The van der Waals surface area contributed by atoms with Crippen molar-refractivity contribution in [3.63, 3.8) is 0 Å². The summed E-state index contributed by atoms with van der Waals surface area (Å²) in [7, 11) is 3.17. The number of carboxylic acid groups (broad SMARTS) is 1. The molecular weight excluding hydrogens is 644 g/mol. The third-order valence-corrected chi connectivity index (χ3v) is 7.93. The van der Waals surface area contributed by atoms with Gasteiger partial charge in [0, 0.05) is 44.0 Å². The van der Waals surface area contributed by atoms with Crippen molar-refractivity contribution in [1.29, 1.82) is 0 Å². The van der Waals surface area contributed by atoms with Crippen LogP contribution in [0.1, 0.15) is 33.5 Å². The molecule has 2 N–H and O–H groups in total. The quantitative estimate of drug-likeness (QED) is 0.147. The van der Waals surface area contributed by atoms with Gasteiger partial charge in [-0.3, -0.25) is 14.5 Å². The zero-order valence-electron chi connectivity index (χ0n) is 23.4. The number of thiocarbonyl (C=S) groups is 1. The van der Waals surface area contributed by atoms with Crippen LogP contribution < -0.4 is 10.2 Å². The smallest absolute Gasteiger partial charge is 0.416 e. The van der Waals surface area contributed by atoms with Crippen molar-refractivity contribution in [2.75, 3.05) is 30.9 Å². The maximum atomic E-state index is 13.6. The second kappa shape index (κ2) is 12.9. The van der Waals surface area contributed by atoms with Crippen molar-refractivity contribution in [1.82, 2.24) is 4.90 Å². The first-order valence-corrected chi connectivity index (χ1v) is 14.2. The lowest BCUT2D eigenvalue weighted by atomic mass is 9.95. The number of carbonyl (C=O) groups excluding carboxylic acids is 2. The number of halogens is 6. The zero-order valence-corrected chi connectivity index (χ0v) is 25.0. The molecule has 1 saturated heterocycles. The molecule has 0 aromatic heterocycles. The summed E-state index contributed by atoms with van der Waals surface area (Å²) in [5.74, 6) is -2.11. The Labute approximate surface area is 262 Å². The molecule has 0 radical (unpaired) electrons. The number of hydrogen-bond donors (Lipinski definition) is 2. The van der Waals surface area contributed by atoms with Crippen molar-refractivity contribution < 1.29 is 45.8 Å². The minimum absolute atomic E-state index is 0.0433. The maximum absolute atomic E-state index is 13.6. The molecule has 0 unspecified atom stereocenters. The summed E-state index contributed by atoms with van der Waals surface area (Å²) in [4.78, 5) is 39.4. The Morgan fingerprint density at radius 3 is 2.09 bits per heavy atom. The summed E-state index contributed by atoms with van der Waals surface area (Å²) in [6, 6.07) is 11.3. The van der Waals surface area contributed by atoms with Gasteiger partial charge in [-0.25, -0.2) is 4.79 Å². The number of thioether (sulfide) groups is 1. The SMILES string of the molecule is CN(C)c1ccc(C=C2SC(=S)N(CCC(=O)Nc3ccc(C(=O)O)cc3)C2=O)cc1-c1cc(C(F)(F)F)cc(C(F)(F)F)c1. The molecule has 4 rings (SSSR count). The van der Waals surface area contributed by atoms with Gasteiger partial charge in [-0.2, -0.15) is 26.3 Å². The van der Waals surface area contributed by atoms with E-state index in [2.05, 4.69) is 5.32 Å². The lowest BCUT2D eigenvalue weighted by Gasteiger charge is -2.20. The van der Waals surface area contributed by atoms with Gasteiger partial charge in [0.1, 0.15) is 4.32 Å². The molecule has 1 fully saturated rings. The van der Waals surface area contributed by atoms with Crippen molar-refractivity contribution >= 4 is 63.5 Å². The van der Waals surface area contributed by atoms with E-state index in [0.717, 1.165) is 11.8 Å². The first-order valence-electron chi connectivity index (χ1n) is 12.9. The van der Waals surface area contributed by atoms with Crippen molar-refractivity contribution in [3.8, 4) is 11.1 Å². The molecule has 3 aromatic carbocycles. The number of nitrogens with one attached hydrogen (secondary N) is 1. The molecule has 0 atom stereocenters. The highest BCUT2D eigenvalue weighted by Gasteiger charge is 2.37. The number of benzene rings is 3. The Bertz CT molecular complexity index is 1670. The van der Waals surface area contributed by atoms with E-state index >= 15 is 0 Å². The van der Waals surface area contributed by atoms with E-state index in [4.69, 9.17) is 17.3 Å². The first kappa shape index (κ1) is 33.5. The van der Waals surface area contributed by atoms with Crippen LogP contribution in [0, 0.1) is 0 Å². The van der Waals surface area contributed by atoms with E-state index in [0.29, 0.717) is 29.1 Å². The van der Waals surface area contributed by atoms with Crippen LogP contribution >= 0.6 is 24.0 Å². The van der Waals surface area contributed by atoms with Gasteiger partial charge < -0.3 is 15.3 Å². The summed E-state index contributed by atoms with van der Waals surface area (Å²) in [6.07, 6.45) is -8.77. The fourth-order valence-corrected chi connectivity index (χ4v) is 5.66. The second-order valence-electron chi connectivity index (χ2n) is 9.98. The highest BCUT2D eigenvalue weighted by Crippen LogP contribution is 2.41. The molecule has 0 saturated carbocycles. The molecule has 15 heteroatoms. The van der Waals surface area contributed by atoms with Crippen LogP contribution in [0.15, 0.2) is 65.6 Å². The largest absolute Gasteiger partial charge is 0.478 e. The van der Waals surface area contributed by atoms with E-state index in [-0.39, 0.29) is 44.9 Å². The van der Waals surface area contributed by atoms with Gasteiger partial charge in [-0.05, 0) is 71.8 Å². The fourth-order valence-electron chi connectivity index (χ4n) is 4.35. The summed E-state index contributed by atoms with van der Waals surface area (Å²) in [5.41, 5.74) is -2.08. The number of hydrogen-bond acceptors (Lipinski definition) is 6. The van der Waals surface area contributed by atoms with Gasteiger partial charge in [0.25, 0.3) is 5.91 Å². The minimum atomic E-state index is -5.03. The van der Waals surface area contributed by atoms with Gasteiger partial charge in [-0.15, -0.1) is 0 Å². The number of carboxylic acids is 1. The van der Waals surface area contributed by atoms with Crippen LogP contribution in [0.4, 0.5) is 37.7 Å². The summed E-state index contributed by atoms with van der Waals surface area (Å²) in [6.45, 7) is -0.0731. The summed E-state index contributed by atoms with van der Waals surface area (Å²) in [5, 5.41) is 11.6. The monoisotopic (exact) mass is 667 g/mol. The predicted octanol–water partition coefficient (Wildman–Crippen LogP) is 7.39. The van der Waals surface area contributed by atoms with E-state index in [9.17, 15) is 40.7 Å². The lowest BCUT2D eigenvalue weighted by molar-refractivity contribution is -0.143. The molecule has 0 aliphatic carbocycles. The molecule has 1 aliphatic heterocycles. The van der Waals surface area contributed by atoms with Gasteiger partial charge in [0.15, 0.2) is 0 Å². The first-order chi connectivity index (χ1) is 20.9. The Hall–Kier alpha value is -4.37. The molecule has 3 aromatic rings. The van der Waals surface area contributed by atoms with Gasteiger partial charge >= 0.3 is 18.3 Å². The molecule has 7 nitrogen and oxygen atoms in total. The van der Waals surface area contributed by atoms with Crippen LogP contribution in [0.25, 0.3) is 17.2 Å². The van der Waals surface area contributed by atoms with Crippen LogP contribution in [0.3, 0.4) is 0 Å². The number of aromatic carboxylic acids is 1. The molecule has 2 amide bonds. The molecule has 0 spiro atoms. The van der Waals surface area contributed by atoms with Crippen LogP contribution in [0.2, 0.25) is 0 Å². The van der Waals surface area contributed by atoms with E-state index < -0.39 is 41.3 Å². The predicted molar refractivity (Wildman–Crippen MR) is 163 cm³/mol. The maximum Gasteiger partial charge on any atom is 0.416 e.